The number of nitrogens with one attached hydrogen (secondary N) is 1. The van der Waals surface area contributed by atoms with Gasteiger partial charge >= 0.3 is 12.1 Å². The van der Waals surface area contributed by atoms with Gasteiger partial charge in [0.2, 0.25) is 5.91 Å². The second-order valence-corrected chi connectivity index (χ2v) is 6.96. The van der Waals surface area contributed by atoms with E-state index in [1.54, 1.807) is 11.8 Å². The van der Waals surface area contributed by atoms with E-state index in [2.05, 4.69) is 5.32 Å². The zero-order valence-corrected chi connectivity index (χ0v) is 13.4. The van der Waals surface area contributed by atoms with Crippen LogP contribution in [-0.2, 0) is 9.59 Å². The van der Waals surface area contributed by atoms with Crippen LogP contribution in [0.4, 0.5) is 17.6 Å². The van der Waals surface area contributed by atoms with Crippen molar-refractivity contribution in [3.05, 3.63) is 0 Å². The van der Waals surface area contributed by atoms with Crippen LogP contribution in [0, 0.1) is 0 Å². The Morgan fingerprint density at radius 3 is 2.42 bits per heavy atom. The van der Waals surface area contributed by atoms with Crippen LogP contribution < -0.4 is 5.32 Å². The molecule has 1 aliphatic carbocycles. The predicted octanol–water partition coefficient (Wildman–Crippen LogP) is 1.23. The highest BCUT2D eigenvalue weighted by molar-refractivity contribution is 5.85. The molecule has 9 heteroatoms. The van der Waals surface area contributed by atoms with E-state index in [0.717, 1.165) is 4.90 Å². The molecular weight excluding hydrogens is 330 g/mol. The molecule has 136 valence electrons. The first-order valence-corrected chi connectivity index (χ1v) is 8.24. The highest BCUT2D eigenvalue weighted by atomic mass is 19.4. The number of piperazine rings is 1. The molecule has 3 fully saturated rings. The summed E-state index contributed by atoms with van der Waals surface area (Å²) in [5, 5.41) is 2.83. The average Bonchev–Trinajstić information content (AvgIpc) is 3.15. The number of carbonyl (C=O) groups is 2. The second kappa shape index (κ2) is 5.86. The van der Waals surface area contributed by atoms with Crippen LogP contribution in [0.3, 0.4) is 0 Å². The van der Waals surface area contributed by atoms with E-state index in [9.17, 15) is 27.2 Å². The number of hydrogen-bond donors (Lipinski definition) is 1. The van der Waals surface area contributed by atoms with E-state index >= 15 is 0 Å². The van der Waals surface area contributed by atoms with Crippen molar-refractivity contribution in [2.75, 3.05) is 19.6 Å². The van der Waals surface area contributed by atoms with Crippen LogP contribution in [0.2, 0.25) is 0 Å². The molecule has 0 unspecified atom stereocenters. The minimum absolute atomic E-state index is 0.0873. The van der Waals surface area contributed by atoms with Gasteiger partial charge in [-0.2, -0.15) is 13.2 Å². The molecule has 1 N–H and O–H groups in total. The summed E-state index contributed by atoms with van der Waals surface area (Å²) in [6.45, 7) is 1.87. The molecule has 3 atom stereocenters. The monoisotopic (exact) mass is 351 g/mol. The molecule has 3 aliphatic rings. The van der Waals surface area contributed by atoms with Crippen LogP contribution in [0.15, 0.2) is 0 Å². The van der Waals surface area contributed by atoms with Crippen LogP contribution in [0.1, 0.15) is 32.6 Å². The molecule has 2 aliphatic heterocycles. The van der Waals surface area contributed by atoms with E-state index in [-0.39, 0.29) is 32.0 Å². The SMILES string of the molecule is CC[C@H]1CN(C(=O)C(F)(F)F)C2(CC2)CN1C(=O)[C@H]1C[C@@H](F)CN1. The van der Waals surface area contributed by atoms with Crippen molar-refractivity contribution in [1.82, 2.24) is 15.1 Å². The lowest BCUT2D eigenvalue weighted by Gasteiger charge is -2.47. The highest BCUT2D eigenvalue weighted by Crippen LogP contribution is 2.47. The van der Waals surface area contributed by atoms with Crippen molar-refractivity contribution in [2.24, 2.45) is 0 Å². The molecule has 0 aromatic carbocycles. The van der Waals surface area contributed by atoms with Gasteiger partial charge in [0.25, 0.3) is 0 Å². The molecule has 0 aromatic rings. The summed E-state index contributed by atoms with van der Waals surface area (Å²) in [6.07, 6.45) is -4.55. The minimum Gasteiger partial charge on any atom is -0.334 e. The number of nitrogens with zero attached hydrogens (tertiary/aromatic N) is 2. The molecule has 1 spiro atoms. The van der Waals surface area contributed by atoms with Crippen molar-refractivity contribution in [3.8, 4) is 0 Å². The Balaban J connectivity index is 1.78. The van der Waals surface area contributed by atoms with Crippen molar-refractivity contribution in [1.29, 1.82) is 0 Å². The Morgan fingerprint density at radius 1 is 1.29 bits per heavy atom. The summed E-state index contributed by atoms with van der Waals surface area (Å²) >= 11 is 0. The fraction of sp³-hybridized carbons (Fsp3) is 0.867. The molecule has 0 bridgehead atoms. The van der Waals surface area contributed by atoms with E-state index in [1.165, 1.54) is 0 Å². The molecular formula is C15H21F4N3O2. The molecule has 3 rings (SSSR count). The van der Waals surface area contributed by atoms with Gasteiger partial charge in [-0.15, -0.1) is 0 Å². The predicted molar refractivity (Wildman–Crippen MR) is 76.8 cm³/mol. The number of halogens is 4. The zero-order valence-electron chi connectivity index (χ0n) is 13.4. The second-order valence-electron chi connectivity index (χ2n) is 6.96. The molecule has 2 saturated heterocycles. The Labute approximate surface area is 137 Å². The molecule has 0 aromatic heterocycles. The van der Waals surface area contributed by atoms with Gasteiger partial charge in [0.1, 0.15) is 6.17 Å². The van der Waals surface area contributed by atoms with Gasteiger partial charge in [0, 0.05) is 32.1 Å². The fourth-order valence-corrected chi connectivity index (χ4v) is 3.75. The summed E-state index contributed by atoms with van der Waals surface area (Å²) in [5.74, 6) is -2.10. The Hall–Kier alpha value is -1.38. The number of rotatable bonds is 2. The van der Waals surface area contributed by atoms with E-state index in [0.29, 0.717) is 19.3 Å². The lowest BCUT2D eigenvalue weighted by atomic mass is 10.0. The summed E-state index contributed by atoms with van der Waals surface area (Å²) in [6, 6.07) is -1.11. The maximum absolute atomic E-state index is 13.3. The zero-order chi connectivity index (χ0) is 17.7. The van der Waals surface area contributed by atoms with E-state index in [1.807, 2.05) is 0 Å². The lowest BCUT2D eigenvalue weighted by Crippen LogP contribution is -2.65. The maximum Gasteiger partial charge on any atom is 0.471 e. The van der Waals surface area contributed by atoms with Crippen LogP contribution in [0.25, 0.3) is 0 Å². The third-order valence-corrected chi connectivity index (χ3v) is 5.32. The van der Waals surface area contributed by atoms with Crippen LogP contribution >= 0.6 is 0 Å². The first kappa shape index (κ1) is 17.4. The molecule has 0 radical (unpaired) electrons. The van der Waals surface area contributed by atoms with E-state index in [4.69, 9.17) is 0 Å². The lowest BCUT2D eigenvalue weighted by molar-refractivity contribution is -0.193. The molecule has 5 nitrogen and oxygen atoms in total. The highest BCUT2D eigenvalue weighted by Gasteiger charge is 2.60. The summed E-state index contributed by atoms with van der Waals surface area (Å²) in [7, 11) is 0. The number of hydrogen-bond acceptors (Lipinski definition) is 3. The van der Waals surface area contributed by atoms with Crippen molar-refractivity contribution in [2.45, 2.75) is 62.6 Å². The van der Waals surface area contributed by atoms with Gasteiger partial charge in [0.15, 0.2) is 0 Å². The third kappa shape index (κ3) is 2.98. The number of alkyl halides is 4. The van der Waals surface area contributed by atoms with Gasteiger partial charge in [-0.3, -0.25) is 9.59 Å². The summed E-state index contributed by atoms with van der Waals surface area (Å²) in [5.41, 5.74) is -0.901. The minimum atomic E-state index is -4.91. The summed E-state index contributed by atoms with van der Waals surface area (Å²) < 4.78 is 51.9. The topological polar surface area (TPSA) is 52.7 Å². The van der Waals surface area contributed by atoms with Crippen LogP contribution in [0.5, 0.6) is 0 Å². The Bertz CT molecular complexity index is 535. The van der Waals surface area contributed by atoms with Gasteiger partial charge in [-0.05, 0) is 19.3 Å². The first-order valence-electron chi connectivity index (χ1n) is 8.24. The Kier molecular flexibility index (Phi) is 4.26. The summed E-state index contributed by atoms with van der Waals surface area (Å²) in [4.78, 5) is 26.9. The molecule has 24 heavy (non-hydrogen) atoms. The van der Waals surface area contributed by atoms with Gasteiger partial charge in [-0.25, -0.2) is 4.39 Å². The van der Waals surface area contributed by atoms with Gasteiger partial charge in [-0.1, -0.05) is 6.92 Å². The van der Waals surface area contributed by atoms with Crippen molar-refractivity contribution >= 4 is 11.8 Å². The molecule has 2 heterocycles. The number of carbonyl (C=O) groups excluding carboxylic acids is 2. The fourth-order valence-electron chi connectivity index (χ4n) is 3.75. The van der Waals surface area contributed by atoms with E-state index < -0.39 is 35.9 Å². The van der Waals surface area contributed by atoms with Crippen molar-refractivity contribution < 1.29 is 27.2 Å². The van der Waals surface area contributed by atoms with Crippen molar-refractivity contribution in [3.63, 3.8) is 0 Å². The smallest absolute Gasteiger partial charge is 0.334 e. The quantitative estimate of drug-likeness (QED) is 0.762. The molecule has 1 saturated carbocycles. The largest absolute Gasteiger partial charge is 0.471 e. The van der Waals surface area contributed by atoms with Gasteiger partial charge < -0.3 is 15.1 Å². The third-order valence-electron chi connectivity index (χ3n) is 5.32. The van der Waals surface area contributed by atoms with Crippen LogP contribution in [-0.4, -0.2) is 71.2 Å². The standard InChI is InChI=1S/C15H21F4N3O2/c1-2-10-7-22(13(24)15(17,18)19)14(3-4-14)8-21(10)12(23)11-5-9(16)6-20-11/h9-11,20H,2-8H2,1H3/t9-,10+,11-/m1/s1. The first-order chi connectivity index (χ1) is 11.2. The average molecular weight is 351 g/mol. The maximum atomic E-state index is 13.3. The van der Waals surface area contributed by atoms with Gasteiger partial charge in [0.05, 0.1) is 11.6 Å². The Morgan fingerprint density at radius 2 is 1.96 bits per heavy atom. The normalized spacial score (nSPS) is 32.3. The number of amides is 2. The molecule has 2 amide bonds.